The number of hydrogen-bond donors (Lipinski definition) is 1. The lowest BCUT2D eigenvalue weighted by Crippen LogP contribution is -2.20. The Kier molecular flexibility index (Phi) is 4.80. The first-order valence-electron chi connectivity index (χ1n) is 6.19. The zero-order valence-corrected chi connectivity index (χ0v) is 11.1. The minimum atomic E-state index is -2.92. The van der Waals surface area contributed by atoms with Crippen molar-refractivity contribution in [2.45, 2.75) is 12.7 Å². The lowest BCUT2D eigenvalue weighted by atomic mass is 9.98. The van der Waals surface area contributed by atoms with Crippen molar-refractivity contribution < 1.29 is 22.3 Å². The largest absolute Gasteiger partial charge is 0.435 e. The maximum atomic E-state index is 13.8. The van der Waals surface area contributed by atoms with E-state index in [1.165, 1.54) is 30.3 Å². The average Bonchev–Trinajstić information content (AvgIpc) is 2.44. The summed E-state index contributed by atoms with van der Waals surface area (Å²) in [6, 6.07) is 8.48. The van der Waals surface area contributed by atoms with E-state index in [1.54, 1.807) is 7.05 Å². The fraction of sp³-hybridized carbons (Fsp3) is 0.200. The molecule has 0 aliphatic rings. The first kappa shape index (κ1) is 15.3. The van der Waals surface area contributed by atoms with Crippen molar-refractivity contribution in [3.05, 3.63) is 65.2 Å². The molecule has 2 rings (SSSR count). The maximum Gasteiger partial charge on any atom is 0.387 e. The molecule has 2 aromatic rings. The Morgan fingerprint density at radius 2 is 1.52 bits per heavy atom. The van der Waals surface area contributed by atoms with Crippen LogP contribution in [-0.2, 0) is 0 Å². The van der Waals surface area contributed by atoms with Gasteiger partial charge in [-0.3, -0.25) is 0 Å². The van der Waals surface area contributed by atoms with Crippen LogP contribution in [0.5, 0.6) is 5.75 Å². The second-order valence-electron chi connectivity index (χ2n) is 4.30. The first-order valence-corrected chi connectivity index (χ1v) is 6.19. The Bertz CT molecular complexity index is 581. The molecule has 0 aromatic heterocycles. The van der Waals surface area contributed by atoms with Crippen molar-refractivity contribution in [1.29, 1.82) is 0 Å². The van der Waals surface area contributed by atoms with Gasteiger partial charge < -0.3 is 10.1 Å². The summed E-state index contributed by atoms with van der Waals surface area (Å²) in [5.74, 6) is -1.37. The van der Waals surface area contributed by atoms with Gasteiger partial charge in [0.25, 0.3) is 0 Å². The standard InChI is InChI=1S/C15H13F4NO/c1-20-14(13-11(16)3-2-4-12(13)17)9-5-7-10(8-6-9)21-15(18)19/h2-8,14-15,20H,1H3. The Labute approximate surface area is 119 Å². The van der Waals surface area contributed by atoms with E-state index in [-0.39, 0.29) is 11.3 Å². The Balaban J connectivity index is 2.33. The predicted octanol–water partition coefficient (Wildman–Crippen LogP) is 3.88. The van der Waals surface area contributed by atoms with Gasteiger partial charge in [-0.15, -0.1) is 0 Å². The van der Waals surface area contributed by atoms with Gasteiger partial charge in [-0.2, -0.15) is 8.78 Å². The van der Waals surface area contributed by atoms with E-state index in [2.05, 4.69) is 10.1 Å². The smallest absolute Gasteiger partial charge is 0.387 e. The van der Waals surface area contributed by atoms with E-state index in [9.17, 15) is 17.6 Å². The highest BCUT2D eigenvalue weighted by Gasteiger charge is 2.20. The molecule has 0 spiro atoms. The van der Waals surface area contributed by atoms with Crippen LogP contribution in [0.25, 0.3) is 0 Å². The molecule has 21 heavy (non-hydrogen) atoms. The van der Waals surface area contributed by atoms with Gasteiger partial charge in [0.15, 0.2) is 0 Å². The number of rotatable bonds is 5. The van der Waals surface area contributed by atoms with Crippen molar-refractivity contribution in [2.24, 2.45) is 0 Å². The van der Waals surface area contributed by atoms with Crippen LogP contribution < -0.4 is 10.1 Å². The molecule has 0 saturated carbocycles. The summed E-state index contributed by atoms with van der Waals surface area (Å²) >= 11 is 0. The molecule has 0 fully saturated rings. The third-order valence-corrected chi connectivity index (χ3v) is 3.02. The Morgan fingerprint density at radius 3 is 2.00 bits per heavy atom. The van der Waals surface area contributed by atoms with Gasteiger partial charge in [0.1, 0.15) is 17.4 Å². The maximum absolute atomic E-state index is 13.8. The van der Waals surface area contributed by atoms with Crippen molar-refractivity contribution in [3.63, 3.8) is 0 Å². The first-order chi connectivity index (χ1) is 10.0. The third-order valence-electron chi connectivity index (χ3n) is 3.02. The van der Waals surface area contributed by atoms with Gasteiger partial charge in [0.2, 0.25) is 0 Å². The summed E-state index contributed by atoms with van der Waals surface area (Å²) in [5, 5.41) is 2.81. The number of benzene rings is 2. The van der Waals surface area contributed by atoms with E-state index in [4.69, 9.17) is 0 Å². The fourth-order valence-corrected chi connectivity index (χ4v) is 2.11. The predicted molar refractivity (Wildman–Crippen MR) is 70.3 cm³/mol. The van der Waals surface area contributed by atoms with E-state index >= 15 is 0 Å². The van der Waals surface area contributed by atoms with Gasteiger partial charge in [0.05, 0.1) is 6.04 Å². The lowest BCUT2D eigenvalue weighted by molar-refractivity contribution is -0.0498. The van der Waals surface area contributed by atoms with Gasteiger partial charge in [-0.25, -0.2) is 8.78 Å². The molecular weight excluding hydrogens is 286 g/mol. The van der Waals surface area contributed by atoms with Crippen LogP contribution in [0.15, 0.2) is 42.5 Å². The summed E-state index contributed by atoms with van der Waals surface area (Å²) in [6.45, 7) is -2.92. The normalized spacial score (nSPS) is 12.5. The van der Waals surface area contributed by atoms with Crippen LogP contribution in [0.4, 0.5) is 17.6 Å². The number of halogens is 4. The number of alkyl halides is 2. The highest BCUT2D eigenvalue weighted by molar-refractivity contribution is 5.36. The zero-order chi connectivity index (χ0) is 15.4. The number of ether oxygens (including phenoxy) is 1. The van der Waals surface area contributed by atoms with E-state index in [1.807, 2.05) is 0 Å². The number of hydrogen-bond acceptors (Lipinski definition) is 2. The molecular formula is C15H13F4NO. The van der Waals surface area contributed by atoms with Crippen molar-refractivity contribution in [2.75, 3.05) is 7.05 Å². The molecule has 1 atom stereocenters. The van der Waals surface area contributed by atoms with Gasteiger partial charge in [-0.1, -0.05) is 18.2 Å². The highest BCUT2D eigenvalue weighted by Crippen LogP contribution is 2.28. The Hall–Kier alpha value is -2.08. The van der Waals surface area contributed by atoms with Crippen LogP contribution in [0.2, 0.25) is 0 Å². The minimum absolute atomic E-state index is 0.0161. The monoisotopic (exact) mass is 299 g/mol. The molecule has 1 unspecified atom stereocenters. The molecule has 1 N–H and O–H groups in total. The Morgan fingerprint density at radius 1 is 0.952 bits per heavy atom. The van der Waals surface area contributed by atoms with Crippen LogP contribution >= 0.6 is 0 Å². The molecule has 0 heterocycles. The third kappa shape index (κ3) is 3.52. The molecule has 2 aromatic carbocycles. The zero-order valence-electron chi connectivity index (χ0n) is 11.1. The molecule has 112 valence electrons. The van der Waals surface area contributed by atoms with Crippen LogP contribution in [0.3, 0.4) is 0 Å². The molecule has 0 aliphatic carbocycles. The summed E-state index contributed by atoms with van der Waals surface area (Å²) in [5.41, 5.74) is 0.408. The summed E-state index contributed by atoms with van der Waals surface area (Å²) in [4.78, 5) is 0. The van der Waals surface area contributed by atoms with Gasteiger partial charge in [-0.05, 0) is 36.9 Å². The van der Waals surface area contributed by atoms with Gasteiger partial charge in [0, 0.05) is 5.56 Å². The van der Waals surface area contributed by atoms with Gasteiger partial charge >= 0.3 is 6.61 Å². The quantitative estimate of drug-likeness (QED) is 0.846. The second-order valence-corrected chi connectivity index (χ2v) is 4.30. The summed E-state index contributed by atoms with van der Waals surface area (Å²) < 4.78 is 56.0. The second kappa shape index (κ2) is 6.58. The van der Waals surface area contributed by atoms with Crippen LogP contribution in [-0.4, -0.2) is 13.7 Å². The molecule has 0 saturated heterocycles. The van der Waals surface area contributed by atoms with Crippen molar-refractivity contribution in [1.82, 2.24) is 5.32 Å². The summed E-state index contributed by atoms with van der Waals surface area (Å²) in [7, 11) is 1.56. The van der Waals surface area contributed by atoms with Crippen LogP contribution in [0.1, 0.15) is 17.2 Å². The molecule has 2 nitrogen and oxygen atoms in total. The topological polar surface area (TPSA) is 21.3 Å². The highest BCUT2D eigenvalue weighted by atomic mass is 19.3. The number of nitrogens with one attached hydrogen (secondary N) is 1. The fourth-order valence-electron chi connectivity index (χ4n) is 2.11. The van der Waals surface area contributed by atoms with E-state index in [0.29, 0.717) is 5.56 Å². The van der Waals surface area contributed by atoms with Crippen LogP contribution in [0, 0.1) is 11.6 Å². The molecule has 6 heteroatoms. The average molecular weight is 299 g/mol. The molecule has 0 aliphatic heterocycles. The molecule has 0 amide bonds. The molecule has 0 bridgehead atoms. The van der Waals surface area contributed by atoms with E-state index in [0.717, 1.165) is 12.1 Å². The lowest BCUT2D eigenvalue weighted by Gasteiger charge is -2.19. The molecule has 0 radical (unpaired) electrons. The summed E-state index contributed by atoms with van der Waals surface area (Å²) in [6.07, 6.45) is 0. The minimum Gasteiger partial charge on any atom is -0.435 e. The van der Waals surface area contributed by atoms with Crippen molar-refractivity contribution >= 4 is 0 Å². The van der Waals surface area contributed by atoms with E-state index < -0.39 is 24.3 Å². The SMILES string of the molecule is CNC(c1ccc(OC(F)F)cc1)c1c(F)cccc1F. The van der Waals surface area contributed by atoms with Crippen molar-refractivity contribution in [3.8, 4) is 5.75 Å².